The third-order valence-corrected chi connectivity index (χ3v) is 17.8. The minimum atomic E-state index is -0.479. The van der Waals surface area contributed by atoms with Crippen molar-refractivity contribution in [3.63, 3.8) is 0 Å². The first-order chi connectivity index (χ1) is 39.7. The summed E-state index contributed by atoms with van der Waals surface area (Å²) in [7, 11) is 0. The van der Waals surface area contributed by atoms with E-state index in [4.69, 9.17) is 0 Å². The van der Waals surface area contributed by atoms with E-state index in [2.05, 4.69) is 313 Å². The molecule has 0 fully saturated rings. The lowest BCUT2D eigenvalue weighted by Crippen LogP contribution is -2.28. The Morgan fingerprint density at radius 1 is 0.275 bits per heavy atom. The highest BCUT2D eigenvalue weighted by Gasteiger charge is 2.47. The van der Waals surface area contributed by atoms with E-state index in [1.807, 2.05) is 0 Å². The Hall–Kier alpha value is -10.0. The number of hydrogen-bond donors (Lipinski definition) is 0. The second kappa shape index (κ2) is 18.3. The molecule has 3 aliphatic rings. The first kappa shape index (κ1) is 46.1. The quantitative estimate of drug-likeness (QED) is 0.126. The molecule has 0 N–H and O–H groups in total. The van der Waals surface area contributed by atoms with Crippen molar-refractivity contribution in [2.75, 3.05) is 9.80 Å². The second-order valence-corrected chi connectivity index (χ2v) is 21.7. The van der Waals surface area contributed by atoms with Crippen LogP contribution < -0.4 is 9.80 Å². The predicted molar refractivity (Wildman–Crippen MR) is 334 cm³/mol. The number of para-hydroxylation sites is 1. The minimum Gasteiger partial charge on any atom is -0.310 e. The van der Waals surface area contributed by atoms with Gasteiger partial charge in [-0.15, -0.1) is 0 Å². The lowest BCUT2D eigenvalue weighted by Gasteiger charge is -2.35. The van der Waals surface area contributed by atoms with E-state index in [0.29, 0.717) is 0 Å². The van der Waals surface area contributed by atoms with Gasteiger partial charge in [-0.25, -0.2) is 0 Å². The average Bonchev–Trinajstić information content (AvgIpc) is 4.05. The van der Waals surface area contributed by atoms with Gasteiger partial charge in [0.15, 0.2) is 0 Å². The Balaban J connectivity index is 0.849. The van der Waals surface area contributed by atoms with Crippen LogP contribution in [0.4, 0.5) is 28.4 Å². The molecule has 0 saturated carbocycles. The van der Waals surface area contributed by atoms with Gasteiger partial charge in [-0.05, 0) is 156 Å². The summed E-state index contributed by atoms with van der Waals surface area (Å²) in [5, 5.41) is 7.42. The topological polar surface area (TPSA) is 6.48 Å². The van der Waals surface area contributed by atoms with Crippen LogP contribution in [0.2, 0.25) is 0 Å². The molecule has 13 aromatic rings. The molecule has 0 saturated heterocycles. The average molecular weight is 1020 g/mol. The molecule has 2 nitrogen and oxygen atoms in total. The van der Waals surface area contributed by atoms with Crippen LogP contribution in [0.25, 0.3) is 54.6 Å². The summed E-state index contributed by atoms with van der Waals surface area (Å²) >= 11 is 0. The molecular weight excluding hydrogens is 965 g/mol. The van der Waals surface area contributed by atoms with Gasteiger partial charge in [-0.2, -0.15) is 0 Å². The molecule has 0 heterocycles. The van der Waals surface area contributed by atoms with E-state index in [0.717, 1.165) is 41.3 Å². The monoisotopic (exact) mass is 1020 g/mol. The number of hydrogen-bond acceptors (Lipinski definition) is 2. The fourth-order valence-electron chi connectivity index (χ4n) is 14.5. The Bertz CT molecular complexity index is 4480. The second-order valence-electron chi connectivity index (χ2n) is 21.7. The van der Waals surface area contributed by atoms with E-state index in [1.54, 1.807) is 0 Å². The zero-order valence-corrected chi connectivity index (χ0v) is 44.2. The van der Waals surface area contributed by atoms with Gasteiger partial charge in [0.25, 0.3) is 0 Å². The Morgan fingerprint density at radius 2 is 0.625 bits per heavy atom. The van der Waals surface area contributed by atoms with Crippen LogP contribution in [0.15, 0.2) is 309 Å². The lowest BCUT2D eigenvalue weighted by molar-refractivity contribution is 0.768. The molecule has 0 atom stereocenters. The van der Waals surface area contributed by atoms with Crippen LogP contribution in [-0.2, 0) is 10.8 Å². The maximum absolute atomic E-state index is 2.50. The summed E-state index contributed by atoms with van der Waals surface area (Å²) in [6, 6.07) is 107. The summed E-state index contributed by atoms with van der Waals surface area (Å²) in [4.78, 5) is 4.95. The highest BCUT2D eigenvalue weighted by Crippen LogP contribution is 2.58. The number of anilines is 5. The van der Waals surface area contributed by atoms with Crippen LogP contribution in [0, 0.1) is 0 Å². The van der Waals surface area contributed by atoms with Gasteiger partial charge < -0.3 is 9.80 Å². The number of rotatable bonds is 10. The van der Waals surface area contributed by atoms with Gasteiger partial charge in [-0.1, -0.05) is 249 Å². The summed E-state index contributed by atoms with van der Waals surface area (Å²) in [5.41, 5.74) is 21.4. The summed E-state index contributed by atoms with van der Waals surface area (Å²) in [6.07, 6.45) is 9.08. The van der Waals surface area contributed by atoms with Crippen LogP contribution in [0.5, 0.6) is 0 Å². The van der Waals surface area contributed by atoms with Crippen molar-refractivity contribution in [2.45, 2.75) is 23.7 Å². The molecule has 0 bridgehead atoms. The number of benzene rings is 13. The van der Waals surface area contributed by atoms with E-state index >= 15 is 0 Å². The van der Waals surface area contributed by atoms with Crippen molar-refractivity contribution < 1.29 is 0 Å². The van der Waals surface area contributed by atoms with Gasteiger partial charge in [0.1, 0.15) is 0 Å². The lowest BCUT2D eigenvalue weighted by atomic mass is 9.68. The molecule has 0 unspecified atom stereocenters. The maximum Gasteiger partial charge on any atom is 0.0713 e. The SMILES string of the molecule is C1=CC(N(c2ccc(C3(c4ccccc4)c4ccccc4-c4ccccc43)cc2)c2ccc3ccc4c(N(c5ccccc5)c5ccc(C6(c7ccccc7)c7ccccc7-c7ccccc76)cc5)ccc5ccc2c3c54)=CCC1. The molecule has 16 rings (SSSR count). The molecule has 0 radical (unpaired) electrons. The van der Waals surface area contributed by atoms with E-state index in [-0.39, 0.29) is 0 Å². The standard InChI is InChI=1S/C78H54N2/c1-5-21-55(22-6-1)77(69-33-17-13-29-63(69)64-30-14-18-34-70(64)77)57-41-45-61(46-42-57)79(59-25-9-3-10-26-59)73-51-39-53-38-50-68-74(52-40-54-37-49-67(73)75(53)76(54)68)80(60-27-11-4-12-28-60)62-47-43-58(44-48-62)78(56-23-7-2-8-24-56)71-35-19-15-31-65(71)66-32-16-20-36-72(66)78/h1-3,5-11,13-52H,4,12H2. The zero-order valence-electron chi connectivity index (χ0n) is 44.2. The maximum atomic E-state index is 2.50. The molecular formula is C78H54N2. The Morgan fingerprint density at radius 3 is 1.05 bits per heavy atom. The normalized spacial score (nSPS) is 14.4. The first-order valence-electron chi connectivity index (χ1n) is 28.1. The summed E-state index contributed by atoms with van der Waals surface area (Å²) < 4.78 is 0. The molecule has 0 spiro atoms. The fourth-order valence-corrected chi connectivity index (χ4v) is 14.5. The molecule has 80 heavy (non-hydrogen) atoms. The summed E-state index contributed by atoms with van der Waals surface area (Å²) in [6.45, 7) is 0. The van der Waals surface area contributed by atoms with Crippen molar-refractivity contribution in [3.8, 4) is 22.3 Å². The van der Waals surface area contributed by atoms with Crippen molar-refractivity contribution in [3.05, 3.63) is 354 Å². The Labute approximate surface area is 467 Å². The van der Waals surface area contributed by atoms with Crippen molar-refractivity contribution in [1.29, 1.82) is 0 Å². The molecule has 0 aromatic heterocycles. The van der Waals surface area contributed by atoms with Gasteiger partial charge in [0, 0.05) is 33.5 Å². The van der Waals surface area contributed by atoms with Gasteiger partial charge in [0.05, 0.1) is 22.2 Å². The third-order valence-electron chi connectivity index (χ3n) is 17.8. The molecule has 13 aromatic carbocycles. The van der Waals surface area contributed by atoms with Crippen molar-refractivity contribution in [2.24, 2.45) is 0 Å². The summed E-state index contributed by atoms with van der Waals surface area (Å²) in [5.74, 6) is 0. The predicted octanol–water partition coefficient (Wildman–Crippen LogP) is 20.2. The number of nitrogens with zero attached hydrogens (tertiary/aromatic N) is 2. The molecule has 0 aliphatic heterocycles. The van der Waals surface area contributed by atoms with E-state index in [1.165, 1.54) is 105 Å². The third kappa shape index (κ3) is 6.66. The Kier molecular flexibility index (Phi) is 10.5. The largest absolute Gasteiger partial charge is 0.310 e. The molecule has 376 valence electrons. The first-order valence-corrected chi connectivity index (χ1v) is 28.1. The van der Waals surface area contributed by atoms with E-state index in [9.17, 15) is 0 Å². The zero-order chi connectivity index (χ0) is 52.8. The van der Waals surface area contributed by atoms with Gasteiger partial charge >= 0.3 is 0 Å². The molecule has 0 amide bonds. The molecule has 3 aliphatic carbocycles. The van der Waals surface area contributed by atoms with Gasteiger partial charge in [-0.3, -0.25) is 0 Å². The smallest absolute Gasteiger partial charge is 0.0713 e. The van der Waals surface area contributed by atoms with E-state index < -0.39 is 10.8 Å². The highest BCUT2D eigenvalue weighted by atomic mass is 15.2. The van der Waals surface area contributed by atoms with Gasteiger partial charge in [0.2, 0.25) is 0 Å². The number of fused-ring (bicyclic) bond motifs is 6. The van der Waals surface area contributed by atoms with Crippen LogP contribution >= 0.6 is 0 Å². The minimum absolute atomic E-state index is 0.471. The van der Waals surface area contributed by atoms with Crippen LogP contribution in [0.1, 0.15) is 57.3 Å². The number of allylic oxidation sites excluding steroid dienone is 3. The van der Waals surface area contributed by atoms with Crippen molar-refractivity contribution >= 4 is 60.8 Å². The molecule has 2 heteroatoms. The van der Waals surface area contributed by atoms with Crippen LogP contribution in [0.3, 0.4) is 0 Å². The van der Waals surface area contributed by atoms with Crippen molar-refractivity contribution in [1.82, 2.24) is 0 Å². The van der Waals surface area contributed by atoms with Crippen LogP contribution in [-0.4, -0.2) is 0 Å². The fraction of sp³-hybridized carbons (Fsp3) is 0.0513. The highest BCUT2D eigenvalue weighted by molar-refractivity contribution is 6.28.